The minimum Gasteiger partial charge on any atom is -0.480 e. The van der Waals surface area contributed by atoms with Gasteiger partial charge in [0.1, 0.15) is 6.04 Å². The molecule has 0 aliphatic carbocycles. The highest BCUT2D eigenvalue weighted by atomic mass is 16.5. The van der Waals surface area contributed by atoms with Crippen LogP contribution < -0.4 is 10.6 Å². The lowest BCUT2D eigenvalue weighted by Gasteiger charge is -2.27. The Morgan fingerprint density at radius 1 is 1.26 bits per heavy atom. The summed E-state index contributed by atoms with van der Waals surface area (Å²) in [7, 11) is 0. The van der Waals surface area contributed by atoms with E-state index >= 15 is 0 Å². The zero-order valence-corrected chi connectivity index (χ0v) is 12.3. The number of hydrogen-bond donors (Lipinski definition) is 3. The minimum atomic E-state index is -1.04. The van der Waals surface area contributed by atoms with Crippen LogP contribution in [0.25, 0.3) is 0 Å². The van der Waals surface area contributed by atoms with E-state index in [0.717, 1.165) is 12.8 Å². The number of rotatable bonds is 8. The number of hydrogen-bond acceptors (Lipinski definition) is 3. The first-order valence-corrected chi connectivity index (χ1v) is 6.64. The number of amides is 2. The lowest BCUT2D eigenvalue weighted by Crippen LogP contribution is -2.52. The monoisotopic (exact) mass is 274 g/mol. The molecule has 0 saturated heterocycles. The van der Waals surface area contributed by atoms with Crippen molar-refractivity contribution in [3.8, 4) is 0 Å². The molecule has 6 nitrogen and oxygen atoms in total. The summed E-state index contributed by atoms with van der Waals surface area (Å²) in [6.07, 6.45) is 2.07. The molecule has 2 amide bonds. The number of urea groups is 1. The van der Waals surface area contributed by atoms with E-state index in [-0.39, 0.29) is 0 Å². The van der Waals surface area contributed by atoms with Crippen LogP contribution in [0.1, 0.15) is 40.5 Å². The zero-order valence-electron chi connectivity index (χ0n) is 12.3. The summed E-state index contributed by atoms with van der Waals surface area (Å²) in [6, 6.07) is -1.41. The maximum absolute atomic E-state index is 11.6. The lowest BCUT2D eigenvalue weighted by atomic mass is 9.87. The molecule has 19 heavy (non-hydrogen) atoms. The second kappa shape index (κ2) is 8.74. The second-order valence-corrected chi connectivity index (χ2v) is 5.50. The molecule has 0 aromatic heterocycles. The van der Waals surface area contributed by atoms with Crippen LogP contribution >= 0.6 is 0 Å². The molecule has 0 rings (SSSR count). The fourth-order valence-corrected chi connectivity index (χ4v) is 1.42. The van der Waals surface area contributed by atoms with Crippen molar-refractivity contribution in [1.82, 2.24) is 10.6 Å². The van der Waals surface area contributed by atoms with Crippen LogP contribution in [0.15, 0.2) is 0 Å². The maximum atomic E-state index is 11.6. The first kappa shape index (κ1) is 17.7. The van der Waals surface area contributed by atoms with Gasteiger partial charge in [-0.2, -0.15) is 0 Å². The normalized spacial score (nSPS) is 12.8. The van der Waals surface area contributed by atoms with Gasteiger partial charge in [-0.3, -0.25) is 0 Å². The van der Waals surface area contributed by atoms with Gasteiger partial charge in [-0.05, 0) is 11.8 Å². The predicted octanol–water partition coefficient (Wildman–Crippen LogP) is 1.60. The molecule has 3 N–H and O–H groups in total. The minimum absolute atomic E-state index is 0.367. The average molecular weight is 274 g/mol. The van der Waals surface area contributed by atoms with E-state index < -0.39 is 23.5 Å². The van der Waals surface area contributed by atoms with E-state index in [1.54, 1.807) is 20.8 Å². The number of carboxylic acids is 1. The molecule has 0 unspecified atom stereocenters. The van der Waals surface area contributed by atoms with Crippen molar-refractivity contribution in [3.63, 3.8) is 0 Å². The largest absolute Gasteiger partial charge is 0.480 e. The summed E-state index contributed by atoms with van der Waals surface area (Å²) in [5.74, 6) is -1.04. The van der Waals surface area contributed by atoms with Gasteiger partial charge < -0.3 is 20.5 Å². The van der Waals surface area contributed by atoms with Crippen molar-refractivity contribution in [2.24, 2.45) is 5.41 Å². The van der Waals surface area contributed by atoms with Crippen LogP contribution in [0.4, 0.5) is 4.79 Å². The van der Waals surface area contributed by atoms with Gasteiger partial charge in [0.25, 0.3) is 0 Å². The van der Waals surface area contributed by atoms with Crippen LogP contribution in [0.2, 0.25) is 0 Å². The highest BCUT2D eigenvalue weighted by Crippen LogP contribution is 2.19. The molecule has 1 atom stereocenters. The Hall–Kier alpha value is -1.30. The molecule has 6 heteroatoms. The molecular formula is C13H26N2O4. The molecule has 0 aromatic rings. The van der Waals surface area contributed by atoms with E-state index in [2.05, 4.69) is 17.6 Å². The van der Waals surface area contributed by atoms with E-state index in [1.165, 1.54) is 0 Å². The lowest BCUT2D eigenvalue weighted by molar-refractivity contribution is -0.141. The second-order valence-electron chi connectivity index (χ2n) is 5.50. The van der Waals surface area contributed by atoms with E-state index in [0.29, 0.717) is 19.8 Å². The van der Waals surface area contributed by atoms with Gasteiger partial charge in [-0.15, -0.1) is 0 Å². The van der Waals surface area contributed by atoms with Gasteiger partial charge in [0.15, 0.2) is 0 Å². The van der Waals surface area contributed by atoms with Gasteiger partial charge in [0, 0.05) is 13.2 Å². The Morgan fingerprint density at radius 2 is 1.89 bits per heavy atom. The van der Waals surface area contributed by atoms with Gasteiger partial charge in [-0.1, -0.05) is 34.1 Å². The molecule has 0 fully saturated rings. The van der Waals surface area contributed by atoms with Crippen molar-refractivity contribution in [2.75, 3.05) is 19.8 Å². The first-order chi connectivity index (χ1) is 8.79. The standard InChI is InChI=1S/C13H26N2O4/c1-5-6-8-19-9-7-14-12(18)15-10(11(16)17)13(2,3)4/h10H,5-9H2,1-4H3,(H,16,17)(H2,14,15,18)/t10-/m1/s1. The Kier molecular flexibility index (Phi) is 8.14. The average Bonchev–Trinajstić information content (AvgIpc) is 2.28. The quantitative estimate of drug-likeness (QED) is 0.587. The molecule has 0 bridgehead atoms. The number of ether oxygens (including phenoxy) is 1. The number of carbonyl (C=O) groups is 2. The molecule has 0 saturated carbocycles. The predicted molar refractivity (Wildman–Crippen MR) is 73.1 cm³/mol. The third-order valence-electron chi connectivity index (χ3n) is 2.56. The number of carboxylic acid groups (broad SMARTS) is 1. The summed E-state index contributed by atoms with van der Waals surface area (Å²) < 4.78 is 5.29. The van der Waals surface area contributed by atoms with E-state index in [1.807, 2.05) is 0 Å². The number of aliphatic carboxylic acids is 1. The van der Waals surface area contributed by atoms with Gasteiger partial charge in [0.2, 0.25) is 0 Å². The molecular weight excluding hydrogens is 248 g/mol. The molecule has 0 aliphatic rings. The van der Waals surface area contributed by atoms with Crippen molar-refractivity contribution in [2.45, 2.75) is 46.6 Å². The summed E-state index contributed by atoms with van der Waals surface area (Å²) in [6.45, 7) is 8.85. The Balaban J connectivity index is 3.92. The molecule has 0 heterocycles. The first-order valence-electron chi connectivity index (χ1n) is 6.64. The molecule has 0 aliphatic heterocycles. The number of carbonyl (C=O) groups excluding carboxylic acids is 1. The summed E-state index contributed by atoms with van der Waals surface area (Å²) >= 11 is 0. The van der Waals surface area contributed by atoms with Gasteiger partial charge in [-0.25, -0.2) is 9.59 Å². The SMILES string of the molecule is CCCCOCCNC(=O)N[C@H](C(=O)O)C(C)(C)C. The molecule has 0 aromatic carbocycles. The number of nitrogens with one attached hydrogen (secondary N) is 2. The highest BCUT2D eigenvalue weighted by molar-refractivity contribution is 5.83. The zero-order chi connectivity index (χ0) is 14.9. The van der Waals surface area contributed by atoms with Crippen LogP contribution in [0.3, 0.4) is 0 Å². The van der Waals surface area contributed by atoms with Crippen molar-refractivity contribution in [1.29, 1.82) is 0 Å². The van der Waals surface area contributed by atoms with Crippen molar-refractivity contribution in [3.05, 3.63) is 0 Å². The van der Waals surface area contributed by atoms with Crippen LogP contribution in [-0.2, 0) is 9.53 Å². The smallest absolute Gasteiger partial charge is 0.326 e. The molecule has 0 radical (unpaired) electrons. The molecule has 0 spiro atoms. The fraction of sp³-hybridized carbons (Fsp3) is 0.846. The summed E-state index contributed by atoms with van der Waals surface area (Å²) in [5.41, 5.74) is -0.541. The summed E-state index contributed by atoms with van der Waals surface area (Å²) in [4.78, 5) is 22.6. The van der Waals surface area contributed by atoms with Gasteiger partial charge >= 0.3 is 12.0 Å². The van der Waals surface area contributed by atoms with Crippen molar-refractivity contribution >= 4 is 12.0 Å². The topological polar surface area (TPSA) is 87.7 Å². The number of unbranched alkanes of at least 4 members (excludes halogenated alkanes) is 1. The van der Waals surface area contributed by atoms with Crippen molar-refractivity contribution < 1.29 is 19.4 Å². The van der Waals surface area contributed by atoms with E-state index in [9.17, 15) is 9.59 Å². The Morgan fingerprint density at radius 3 is 2.37 bits per heavy atom. The highest BCUT2D eigenvalue weighted by Gasteiger charge is 2.32. The molecule has 112 valence electrons. The third-order valence-corrected chi connectivity index (χ3v) is 2.56. The Bertz CT molecular complexity index is 287. The summed E-state index contributed by atoms with van der Waals surface area (Å²) in [5, 5.41) is 14.1. The van der Waals surface area contributed by atoms with Crippen LogP contribution in [0, 0.1) is 5.41 Å². The van der Waals surface area contributed by atoms with E-state index in [4.69, 9.17) is 9.84 Å². The Labute approximate surface area is 114 Å². The maximum Gasteiger partial charge on any atom is 0.326 e. The van der Waals surface area contributed by atoms with Crippen LogP contribution in [0.5, 0.6) is 0 Å². The van der Waals surface area contributed by atoms with Gasteiger partial charge in [0.05, 0.1) is 6.61 Å². The van der Waals surface area contributed by atoms with Crippen LogP contribution in [-0.4, -0.2) is 42.9 Å². The fourth-order valence-electron chi connectivity index (χ4n) is 1.42. The third kappa shape index (κ3) is 8.42.